The number of aromatic nitrogens is 1. The largest absolute Gasteiger partial charge is 0.478 e. The van der Waals surface area contributed by atoms with Crippen LogP contribution in [0.3, 0.4) is 0 Å². The van der Waals surface area contributed by atoms with Crippen LogP contribution in [0.2, 0.25) is 0 Å². The lowest BCUT2D eigenvalue weighted by Gasteiger charge is -2.18. The third-order valence-corrected chi connectivity index (χ3v) is 6.25. The zero-order valence-corrected chi connectivity index (χ0v) is 19.6. The standard InChI is InChI=1S/C28H24N2O5/c1-15-10-21(17(3)30-13-19-6-4-5-7-20(19)28(32)33)27-22(11-15)25(31)16(2)26(35-27)23-12-18-8-9-29-14-24(18)34-23/h4-12,14,17,30H,13H2,1-3H3,(H,32,33). The van der Waals surface area contributed by atoms with E-state index >= 15 is 0 Å². The van der Waals surface area contributed by atoms with E-state index in [4.69, 9.17) is 8.83 Å². The number of aryl methyl sites for hydroxylation is 1. The molecular formula is C28H24N2O5. The maximum absolute atomic E-state index is 13.4. The Kier molecular flexibility index (Phi) is 5.70. The van der Waals surface area contributed by atoms with Crippen LogP contribution in [0.1, 0.15) is 45.6 Å². The van der Waals surface area contributed by atoms with Gasteiger partial charge in [-0.3, -0.25) is 9.78 Å². The molecule has 176 valence electrons. The van der Waals surface area contributed by atoms with Crippen molar-refractivity contribution in [3.05, 3.63) is 99.0 Å². The zero-order chi connectivity index (χ0) is 24.7. The van der Waals surface area contributed by atoms with E-state index in [1.54, 1.807) is 37.5 Å². The highest BCUT2D eigenvalue weighted by Crippen LogP contribution is 2.33. The van der Waals surface area contributed by atoms with Gasteiger partial charge in [-0.2, -0.15) is 0 Å². The van der Waals surface area contributed by atoms with Gasteiger partial charge in [0, 0.05) is 35.3 Å². The summed E-state index contributed by atoms with van der Waals surface area (Å²) < 4.78 is 12.3. The first-order chi connectivity index (χ1) is 16.8. The van der Waals surface area contributed by atoms with Crippen molar-refractivity contribution in [3.63, 3.8) is 0 Å². The van der Waals surface area contributed by atoms with E-state index in [1.165, 1.54) is 0 Å². The molecule has 5 rings (SSSR count). The summed E-state index contributed by atoms with van der Waals surface area (Å²) in [7, 11) is 0. The summed E-state index contributed by atoms with van der Waals surface area (Å²) in [6, 6.07) is 14.2. The van der Waals surface area contributed by atoms with Crippen LogP contribution < -0.4 is 10.7 Å². The summed E-state index contributed by atoms with van der Waals surface area (Å²) in [4.78, 5) is 29.0. The molecule has 0 saturated carbocycles. The molecule has 35 heavy (non-hydrogen) atoms. The molecule has 0 bridgehead atoms. The number of hydrogen-bond acceptors (Lipinski definition) is 6. The molecule has 1 unspecified atom stereocenters. The smallest absolute Gasteiger partial charge is 0.336 e. The van der Waals surface area contributed by atoms with Crippen LogP contribution in [-0.2, 0) is 6.54 Å². The molecular weight excluding hydrogens is 444 g/mol. The molecule has 0 spiro atoms. The van der Waals surface area contributed by atoms with E-state index in [0.717, 1.165) is 16.5 Å². The molecule has 2 aromatic carbocycles. The lowest BCUT2D eigenvalue weighted by molar-refractivity contribution is 0.0695. The lowest BCUT2D eigenvalue weighted by atomic mass is 9.99. The van der Waals surface area contributed by atoms with Gasteiger partial charge in [0.15, 0.2) is 22.5 Å². The Labute approximate surface area is 201 Å². The van der Waals surface area contributed by atoms with Crippen LogP contribution in [0.4, 0.5) is 0 Å². The second kappa shape index (κ2) is 8.85. The van der Waals surface area contributed by atoms with Crippen molar-refractivity contribution in [2.75, 3.05) is 0 Å². The number of nitrogens with one attached hydrogen (secondary N) is 1. The van der Waals surface area contributed by atoms with E-state index in [2.05, 4.69) is 10.3 Å². The van der Waals surface area contributed by atoms with E-state index in [9.17, 15) is 14.7 Å². The number of fused-ring (bicyclic) bond motifs is 2. The number of benzene rings is 2. The summed E-state index contributed by atoms with van der Waals surface area (Å²) >= 11 is 0. The van der Waals surface area contributed by atoms with Crippen LogP contribution in [-0.4, -0.2) is 16.1 Å². The number of furan rings is 1. The average Bonchev–Trinajstić information content (AvgIpc) is 3.28. The van der Waals surface area contributed by atoms with E-state index in [-0.39, 0.29) is 17.0 Å². The highest BCUT2D eigenvalue weighted by atomic mass is 16.4. The fraction of sp³-hybridized carbons (Fsp3) is 0.179. The van der Waals surface area contributed by atoms with Gasteiger partial charge in [-0.1, -0.05) is 24.3 Å². The van der Waals surface area contributed by atoms with Crippen LogP contribution in [0.5, 0.6) is 0 Å². The van der Waals surface area contributed by atoms with Gasteiger partial charge in [0.25, 0.3) is 0 Å². The molecule has 0 aliphatic rings. The predicted octanol–water partition coefficient (Wildman–Crippen LogP) is 5.77. The summed E-state index contributed by atoms with van der Waals surface area (Å²) in [5, 5.41) is 14.2. The number of pyridine rings is 1. The zero-order valence-electron chi connectivity index (χ0n) is 19.6. The van der Waals surface area contributed by atoms with Crippen molar-refractivity contribution >= 4 is 27.9 Å². The molecule has 5 aromatic rings. The van der Waals surface area contributed by atoms with Gasteiger partial charge in [-0.15, -0.1) is 0 Å². The van der Waals surface area contributed by atoms with Gasteiger partial charge in [0.2, 0.25) is 0 Å². The number of carboxylic acids is 1. The van der Waals surface area contributed by atoms with E-state index in [0.29, 0.717) is 45.7 Å². The van der Waals surface area contributed by atoms with Crippen molar-refractivity contribution in [1.29, 1.82) is 0 Å². The minimum Gasteiger partial charge on any atom is -0.478 e. The number of rotatable bonds is 6. The Hall–Kier alpha value is -4.23. The van der Waals surface area contributed by atoms with Gasteiger partial charge in [0.05, 0.1) is 17.1 Å². The Morgan fingerprint density at radius 1 is 1.11 bits per heavy atom. The Morgan fingerprint density at radius 3 is 2.69 bits per heavy atom. The van der Waals surface area contributed by atoms with Gasteiger partial charge in [-0.05, 0) is 56.2 Å². The Morgan fingerprint density at radius 2 is 1.91 bits per heavy atom. The molecule has 0 radical (unpaired) electrons. The summed E-state index contributed by atoms with van der Waals surface area (Å²) in [6.07, 6.45) is 3.31. The molecule has 0 saturated heterocycles. The summed E-state index contributed by atoms with van der Waals surface area (Å²) in [5.41, 5.74) is 4.12. The first kappa shape index (κ1) is 22.6. The number of carbonyl (C=O) groups is 1. The quantitative estimate of drug-likeness (QED) is 0.326. The Bertz CT molecular complexity index is 1610. The van der Waals surface area contributed by atoms with Crippen LogP contribution in [0, 0.1) is 13.8 Å². The predicted molar refractivity (Wildman–Crippen MR) is 134 cm³/mol. The molecule has 0 aliphatic heterocycles. The maximum Gasteiger partial charge on any atom is 0.336 e. The van der Waals surface area contributed by atoms with Crippen molar-refractivity contribution in [2.45, 2.75) is 33.4 Å². The molecule has 3 heterocycles. The highest BCUT2D eigenvalue weighted by molar-refractivity contribution is 5.89. The van der Waals surface area contributed by atoms with Gasteiger partial charge in [0.1, 0.15) is 5.58 Å². The average molecular weight is 469 g/mol. The molecule has 0 aliphatic carbocycles. The summed E-state index contributed by atoms with van der Waals surface area (Å²) in [5.74, 6) is -0.123. The minimum atomic E-state index is -0.969. The first-order valence-electron chi connectivity index (χ1n) is 11.3. The van der Waals surface area contributed by atoms with E-state index in [1.807, 2.05) is 44.2 Å². The molecule has 0 amide bonds. The van der Waals surface area contributed by atoms with Crippen molar-refractivity contribution in [1.82, 2.24) is 10.3 Å². The molecule has 3 aromatic heterocycles. The van der Waals surface area contributed by atoms with Crippen molar-refractivity contribution < 1.29 is 18.7 Å². The third kappa shape index (κ3) is 4.11. The highest BCUT2D eigenvalue weighted by Gasteiger charge is 2.21. The van der Waals surface area contributed by atoms with Crippen molar-refractivity contribution in [3.8, 4) is 11.5 Å². The van der Waals surface area contributed by atoms with Crippen LogP contribution >= 0.6 is 0 Å². The SMILES string of the molecule is Cc1cc(C(C)NCc2ccccc2C(=O)O)c2oc(-c3cc4ccncc4o3)c(C)c(=O)c2c1. The first-order valence-corrected chi connectivity index (χ1v) is 11.3. The normalized spacial score (nSPS) is 12.3. The molecule has 2 N–H and O–H groups in total. The maximum atomic E-state index is 13.4. The molecule has 1 atom stereocenters. The summed E-state index contributed by atoms with van der Waals surface area (Å²) in [6.45, 7) is 5.98. The number of carboxylic acid groups (broad SMARTS) is 1. The lowest BCUT2D eigenvalue weighted by Crippen LogP contribution is -2.21. The third-order valence-electron chi connectivity index (χ3n) is 6.25. The Balaban J connectivity index is 1.59. The fourth-order valence-corrected chi connectivity index (χ4v) is 4.38. The molecule has 7 heteroatoms. The van der Waals surface area contributed by atoms with E-state index < -0.39 is 5.97 Å². The molecule has 0 fully saturated rings. The number of aromatic carboxylic acids is 1. The number of nitrogens with zero attached hydrogens (tertiary/aromatic N) is 1. The second-order valence-electron chi connectivity index (χ2n) is 8.71. The molecule has 7 nitrogen and oxygen atoms in total. The van der Waals surface area contributed by atoms with Gasteiger partial charge in [-0.25, -0.2) is 4.79 Å². The number of hydrogen-bond donors (Lipinski definition) is 2. The van der Waals surface area contributed by atoms with Crippen LogP contribution in [0.15, 0.2) is 74.6 Å². The van der Waals surface area contributed by atoms with Crippen LogP contribution in [0.25, 0.3) is 33.5 Å². The van der Waals surface area contributed by atoms with Crippen molar-refractivity contribution in [2.24, 2.45) is 0 Å². The second-order valence-corrected chi connectivity index (χ2v) is 8.71. The topological polar surface area (TPSA) is 106 Å². The minimum absolute atomic E-state index is 0.117. The monoisotopic (exact) mass is 468 g/mol. The van der Waals surface area contributed by atoms with Gasteiger partial charge < -0.3 is 19.3 Å². The fourth-order valence-electron chi connectivity index (χ4n) is 4.38. The van der Waals surface area contributed by atoms with Gasteiger partial charge >= 0.3 is 5.97 Å².